The van der Waals surface area contributed by atoms with Gasteiger partial charge < -0.3 is 4.90 Å². The Morgan fingerprint density at radius 3 is 2.61 bits per heavy atom. The summed E-state index contributed by atoms with van der Waals surface area (Å²) in [5.74, 6) is 0.161. The van der Waals surface area contributed by atoms with Gasteiger partial charge in [0, 0.05) is 31.2 Å². The van der Waals surface area contributed by atoms with E-state index in [2.05, 4.69) is 0 Å². The van der Waals surface area contributed by atoms with Crippen LogP contribution < -0.4 is 0 Å². The summed E-state index contributed by atoms with van der Waals surface area (Å²) >= 11 is 6.10. The quantitative estimate of drug-likeness (QED) is 0.810. The molecule has 0 spiro atoms. The number of halogens is 1. The van der Waals surface area contributed by atoms with Gasteiger partial charge in [-0.15, -0.1) is 0 Å². The molecule has 2 rings (SSSR count). The van der Waals surface area contributed by atoms with Crippen molar-refractivity contribution in [1.29, 1.82) is 0 Å². The first-order valence-corrected chi connectivity index (χ1v) is 9.91. The van der Waals surface area contributed by atoms with Gasteiger partial charge in [-0.25, -0.2) is 12.7 Å². The minimum Gasteiger partial charge on any atom is -0.341 e. The number of carbonyl (C=O) groups is 1. The Balaban J connectivity index is 1.98. The van der Waals surface area contributed by atoms with E-state index in [1.807, 2.05) is 25.1 Å². The maximum atomic E-state index is 12.5. The van der Waals surface area contributed by atoms with Gasteiger partial charge in [0.25, 0.3) is 0 Å². The Morgan fingerprint density at radius 1 is 1.17 bits per heavy atom. The maximum absolute atomic E-state index is 12.5. The minimum atomic E-state index is -3.20. The molecular weight excluding hydrogens is 336 g/mol. The van der Waals surface area contributed by atoms with Gasteiger partial charge in [-0.05, 0) is 24.5 Å². The van der Waals surface area contributed by atoms with E-state index in [9.17, 15) is 13.2 Å². The molecular formula is C16H23ClN2O3S. The largest absolute Gasteiger partial charge is 0.341 e. The zero-order valence-corrected chi connectivity index (χ0v) is 14.9. The zero-order valence-electron chi connectivity index (χ0n) is 13.4. The molecule has 1 saturated heterocycles. The number of nitrogens with zero attached hydrogens (tertiary/aromatic N) is 2. The van der Waals surface area contributed by atoms with E-state index in [0.717, 1.165) is 5.56 Å². The fourth-order valence-corrected chi connectivity index (χ4v) is 4.47. The molecule has 128 valence electrons. The number of hydrogen-bond acceptors (Lipinski definition) is 3. The van der Waals surface area contributed by atoms with Crippen LogP contribution in [0.3, 0.4) is 0 Å². The molecule has 1 aliphatic rings. The second-order valence-electron chi connectivity index (χ2n) is 5.72. The van der Waals surface area contributed by atoms with Gasteiger partial charge >= 0.3 is 0 Å². The Kier molecular flexibility index (Phi) is 6.44. The highest BCUT2D eigenvalue weighted by atomic mass is 35.5. The smallest absolute Gasteiger partial charge is 0.227 e. The van der Waals surface area contributed by atoms with Crippen LogP contribution in [0.5, 0.6) is 0 Å². The van der Waals surface area contributed by atoms with Crippen molar-refractivity contribution in [3.05, 3.63) is 34.9 Å². The summed E-state index contributed by atoms with van der Waals surface area (Å²) in [6.45, 7) is 3.73. The molecule has 0 aromatic heterocycles. The number of benzene rings is 1. The van der Waals surface area contributed by atoms with Gasteiger partial charge in [-0.3, -0.25) is 4.79 Å². The normalized spacial score (nSPS) is 17.0. The van der Waals surface area contributed by atoms with E-state index in [-0.39, 0.29) is 18.1 Å². The predicted octanol–water partition coefficient (Wildman–Crippen LogP) is 2.16. The molecule has 0 aliphatic carbocycles. The number of amides is 1. The van der Waals surface area contributed by atoms with Gasteiger partial charge in [-0.2, -0.15) is 0 Å². The molecule has 0 saturated carbocycles. The van der Waals surface area contributed by atoms with Crippen LogP contribution in [0.2, 0.25) is 5.02 Å². The molecule has 0 bridgehead atoms. The average molecular weight is 359 g/mol. The lowest BCUT2D eigenvalue weighted by Gasteiger charge is -2.22. The van der Waals surface area contributed by atoms with Gasteiger partial charge in [0.1, 0.15) is 0 Å². The van der Waals surface area contributed by atoms with Crippen LogP contribution in [0.4, 0.5) is 0 Å². The summed E-state index contributed by atoms with van der Waals surface area (Å²) in [5, 5.41) is 0.586. The molecule has 5 nitrogen and oxygen atoms in total. The highest BCUT2D eigenvalue weighted by molar-refractivity contribution is 7.89. The minimum absolute atomic E-state index is 0.00663. The highest BCUT2D eigenvalue weighted by Crippen LogP contribution is 2.17. The number of hydrogen-bond donors (Lipinski definition) is 0. The molecule has 1 amide bonds. The zero-order chi connectivity index (χ0) is 16.9. The summed E-state index contributed by atoms with van der Waals surface area (Å²) in [6.07, 6.45) is 1.52. The molecule has 0 atom stereocenters. The summed E-state index contributed by atoms with van der Waals surface area (Å²) in [7, 11) is -3.20. The molecule has 1 aromatic rings. The number of rotatable bonds is 5. The van der Waals surface area contributed by atoms with Crippen molar-refractivity contribution in [2.75, 3.05) is 31.9 Å². The Bertz CT molecular complexity index is 648. The first kappa shape index (κ1) is 18.2. The van der Waals surface area contributed by atoms with Crippen molar-refractivity contribution in [2.24, 2.45) is 0 Å². The maximum Gasteiger partial charge on any atom is 0.227 e. The predicted molar refractivity (Wildman–Crippen MR) is 92.0 cm³/mol. The summed E-state index contributed by atoms with van der Waals surface area (Å²) in [6, 6.07) is 7.30. The molecule has 1 aliphatic heterocycles. The van der Waals surface area contributed by atoms with E-state index < -0.39 is 10.0 Å². The molecule has 1 heterocycles. The third kappa shape index (κ3) is 4.93. The van der Waals surface area contributed by atoms with Crippen molar-refractivity contribution < 1.29 is 13.2 Å². The fourth-order valence-electron chi connectivity index (χ4n) is 2.72. The molecule has 23 heavy (non-hydrogen) atoms. The Labute approximate surface area is 143 Å². The average Bonchev–Trinajstić information content (AvgIpc) is 2.76. The van der Waals surface area contributed by atoms with Gasteiger partial charge in [-0.1, -0.05) is 36.7 Å². The molecule has 0 radical (unpaired) electrons. The van der Waals surface area contributed by atoms with Crippen LogP contribution in [0, 0.1) is 0 Å². The molecule has 0 unspecified atom stereocenters. The monoisotopic (exact) mass is 358 g/mol. The first-order valence-electron chi connectivity index (χ1n) is 7.93. The van der Waals surface area contributed by atoms with Crippen LogP contribution in [-0.2, 0) is 21.2 Å². The van der Waals surface area contributed by atoms with E-state index >= 15 is 0 Å². The lowest BCUT2D eigenvalue weighted by molar-refractivity contribution is -0.130. The van der Waals surface area contributed by atoms with Crippen molar-refractivity contribution in [3.8, 4) is 0 Å². The van der Waals surface area contributed by atoms with Crippen LogP contribution in [0.15, 0.2) is 24.3 Å². The van der Waals surface area contributed by atoms with Crippen LogP contribution in [-0.4, -0.2) is 55.5 Å². The second kappa shape index (κ2) is 8.13. The van der Waals surface area contributed by atoms with Crippen LogP contribution in [0.1, 0.15) is 25.3 Å². The van der Waals surface area contributed by atoms with E-state index in [4.69, 9.17) is 11.6 Å². The highest BCUT2D eigenvalue weighted by Gasteiger charge is 2.26. The van der Waals surface area contributed by atoms with Crippen molar-refractivity contribution in [2.45, 2.75) is 26.2 Å². The summed E-state index contributed by atoms with van der Waals surface area (Å²) in [4.78, 5) is 14.2. The van der Waals surface area contributed by atoms with Gasteiger partial charge in [0.2, 0.25) is 15.9 Å². The van der Waals surface area contributed by atoms with Gasteiger partial charge in [0.15, 0.2) is 0 Å². The Morgan fingerprint density at radius 2 is 1.91 bits per heavy atom. The summed E-state index contributed by atoms with van der Waals surface area (Å²) < 4.78 is 25.8. The van der Waals surface area contributed by atoms with E-state index in [1.54, 1.807) is 11.0 Å². The SMILES string of the molecule is CCCS(=O)(=O)N1CCCN(C(=O)Cc2ccccc2Cl)CC1. The molecule has 7 heteroatoms. The van der Waals surface area contributed by atoms with Gasteiger partial charge in [0.05, 0.1) is 12.2 Å². The van der Waals surface area contributed by atoms with Crippen LogP contribution >= 0.6 is 11.6 Å². The topological polar surface area (TPSA) is 57.7 Å². The molecule has 1 fully saturated rings. The molecule has 0 N–H and O–H groups in total. The van der Waals surface area contributed by atoms with Crippen molar-refractivity contribution >= 4 is 27.5 Å². The number of sulfonamides is 1. The van der Waals surface area contributed by atoms with E-state index in [0.29, 0.717) is 44.0 Å². The lowest BCUT2D eigenvalue weighted by Crippen LogP contribution is -2.38. The third-order valence-corrected chi connectivity index (χ3v) is 6.41. The molecule has 1 aromatic carbocycles. The number of carbonyl (C=O) groups excluding carboxylic acids is 1. The fraction of sp³-hybridized carbons (Fsp3) is 0.562. The lowest BCUT2D eigenvalue weighted by atomic mass is 10.1. The van der Waals surface area contributed by atoms with Crippen molar-refractivity contribution in [1.82, 2.24) is 9.21 Å². The first-order chi connectivity index (χ1) is 10.9. The standard InChI is InChI=1S/C16H23ClN2O3S/c1-2-12-23(21,22)19-9-5-8-18(10-11-19)16(20)13-14-6-3-4-7-15(14)17/h3-4,6-7H,2,5,8-13H2,1H3. The van der Waals surface area contributed by atoms with E-state index in [1.165, 1.54) is 4.31 Å². The van der Waals surface area contributed by atoms with Crippen molar-refractivity contribution in [3.63, 3.8) is 0 Å². The Hall–Kier alpha value is -1.11. The van der Waals surface area contributed by atoms with Crippen LogP contribution in [0.25, 0.3) is 0 Å². The third-order valence-electron chi connectivity index (χ3n) is 3.96. The summed E-state index contributed by atoms with van der Waals surface area (Å²) in [5.41, 5.74) is 0.805. The second-order valence-corrected chi connectivity index (χ2v) is 8.21.